The topological polar surface area (TPSA) is 93.1 Å². The molecule has 0 saturated carbocycles. The van der Waals surface area contributed by atoms with Gasteiger partial charge >= 0.3 is 0 Å². The fourth-order valence-electron chi connectivity index (χ4n) is 2.89. The second-order valence-corrected chi connectivity index (χ2v) is 6.64. The molecule has 0 aliphatic rings. The van der Waals surface area contributed by atoms with Crippen LogP contribution in [0.5, 0.6) is 0 Å². The SMILES string of the molecule is CCNC(=O)c1ccc2c(=O)n(CC(=O)Nc3cc(C)ccc3C)cnc2c1. The second kappa shape index (κ2) is 8.04. The summed E-state index contributed by atoms with van der Waals surface area (Å²) < 4.78 is 1.26. The Morgan fingerprint density at radius 3 is 2.64 bits per heavy atom. The number of fused-ring (bicyclic) bond motifs is 1. The van der Waals surface area contributed by atoms with Gasteiger partial charge in [0, 0.05) is 17.8 Å². The molecule has 3 rings (SSSR count). The molecule has 28 heavy (non-hydrogen) atoms. The molecular weight excluding hydrogens is 356 g/mol. The Hall–Kier alpha value is -3.48. The summed E-state index contributed by atoms with van der Waals surface area (Å²) in [4.78, 5) is 41.3. The van der Waals surface area contributed by atoms with Gasteiger partial charge in [-0.15, -0.1) is 0 Å². The van der Waals surface area contributed by atoms with Crippen LogP contribution in [0.3, 0.4) is 0 Å². The molecule has 2 N–H and O–H groups in total. The molecule has 0 atom stereocenters. The third kappa shape index (κ3) is 4.09. The summed E-state index contributed by atoms with van der Waals surface area (Å²) in [6, 6.07) is 10.5. The van der Waals surface area contributed by atoms with Crippen LogP contribution in [-0.2, 0) is 11.3 Å². The van der Waals surface area contributed by atoms with E-state index in [0.717, 1.165) is 16.8 Å². The number of anilines is 1. The van der Waals surface area contributed by atoms with Crippen LogP contribution in [0.1, 0.15) is 28.4 Å². The van der Waals surface area contributed by atoms with Crippen LogP contribution in [0.15, 0.2) is 47.5 Å². The van der Waals surface area contributed by atoms with Crippen LogP contribution in [0.4, 0.5) is 5.69 Å². The van der Waals surface area contributed by atoms with E-state index in [4.69, 9.17) is 0 Å². The third-order valence-electron chi connectivity index (χ3n) is 4.41. The first-order valence-electron chi connectivity index (χ1n) is 9.03. The Kier molecular flexibility index (Phi) is 5.54. The van der Waals surface area contributed by atoms with E-state index in [1.54, 1.807) is 18.2 Å². The molecule has 0 radical (unpaired) electrons. The van der Waals surface area contributed by atoms with Crippen LogP contribution in [0.2, 0.25) is 0 Å². The van der Waals surface area contributed by atoms with Gasteiger partial charge in [0.1, 0.15) is 6.54 Å². The van der Waals surface area contributed by atoms with E-state index < -0.39 is 0 Å². The molecule has 0 fully saturated rings. The molecular formula is C21H22N4O3. The average Bonchev–Trinajstić information content (AvgIpc) is 2.67. The predicted molar refractivity (Wildman–Crippen MR) is 109 cm³/mol. The lowest BCUT2D eigenvalue weighted by atomic mass is 10.1. The van der Waals surface area contributed by atoms with E-state index >= 15 is 0 Å². The van der Waals surface area contributed by atoms with Crippen molar-refractivity contribution >= 4 is 28.4 Å². The first-order valence-corrected chi connectivity index (χ1v) is 9.03. The molecule has 0 aliphatic carbocycles. The minimum absolute atomic E-state index is 0.146. The van der Waals surface area contributed by atoms with Crippen molar-refractivity contribution in [2.75, 3.05) is 11.9 Å². The summed E-state index contributed by atoms with van der Waals surface area (Å²) in [7, 11) is 0. The van der Waals surface area contributed by atoms with Gasteiger partial charge in [-0.3, -0.25) is 19.0 Å². The summed E-state index contributed by atoms with van der Waals surface area (Å²) in [5.41, 5.74) is 3.22. The molecule has 2 aromatic carbocycles. The van der Waals surface area contributed by atoms with Crippen LogP contribution in [-0.4, -0.2) is 27.9 Å². The number of aromatic nitrogens is 2. The first-order chi connectivity index (χ1) is 13.4. The average molecular weight is 378 g/mol. The maximum Gasteiger partial charge on any atom is 0.261 e. The zero-order chi connectivity index (χ0) is 20.3. The lowest BCUT2D eigenvalue weighted by Crippen LogP contribution is -2.28. The zero-order valence-corrected chi connectivity index (χ0v) is 16.1. The first kappa shape index (κ1) is 19.3. The van der Waals surface area contributed by atoms with Gasteiger partial charge in [-0.25, -0.2) is 4.98 Å². The van der Waals surface area contributed by atoms with Crippen molar-refractivity contribution in [2.24, 2.45) is 0 Å². The van der Waals surface area contributed by atoms with Gasteiger partial charge in [0.15, 0.2) is 0 Å². The molecule has 0 saturated heterocycles. The molecule has 0 unspecified atom stereocenters. The molecule has 3 aromatic rings. The van der Waals surface area contributed by atoms with Gasteiger partial charge in [0.25, 0.3) is 11.5 Å². The molecule has 7 nitrogen and oxygen atoms in total. The number of hydrogen-bond donors (Lipinski definition) is 2. The Labute approximate surface area is 162 Å². The van der Waals surface area contributed by atoms with Crippen molar-refractivity contribution in [2.45, 2.75) is 27.3 Å². The maximum absolute atomic E-state index is 12.7. The van der Waals surface area contributed by atoms with E-state index in [9.17, 15) is 14.4 Å². The molecule has 7 heteroatoms. The minimum atomic E-state index is -0.330. The smallest absolute Gasteiger partial charge is 0.261 e. The third-order valence-corrected chi connectivity index (χ3v) is 4.41. The number of hydrogen-bond acceptors (Lipinski definition) is 4. The molecule has 1 aromatic heterocycles. The maximum atomic E-state index is 12.7. The second-order valence-electron chi connectivity index (χ2n) is 6.64. The number of aryl methyl sites for hydroxylation is 2. The van der Waals surface area contributed by atoms with E-state index in [2.05, 4.69) is 15.6 Å². The van der Waals surface area contributed by atoms with Gasteiger partial charge < -0.3 is 10.6 Å². The number of nitrogens with one attached hydrogen (secondary N) is 2. The summed E-state index contributed by atoms with van der Waals surface area (Å²) in [6.45, 7) is 6.06. The summed E-state index contributed by atoms with van der Waals surface area (Å²) in [5.74, 6) is -0.529. The molecule has 2 amide bonds. The van der Waals surface area contributed by atoms with Crippen LogP contribution in [0.25, 0.3) is 10.9 Å². The minimum Gasteiger partial charge on any atom is -0.352 e. The number of nitrogens with zero attached hydrogens (tertiary/aromatic N) is 2. The molecule has 0 bridgehead atoms. The predicted octanol–water partition coefficient (Wildman–Crippen LogP) is 2.40. The summed E-state index contributed by atoms with van der Waals surface area (Å²) in [6.07, 6.45) is 1.33. The highest BCUT2D eigenvalue weighted by Gasteiger charge is 2.12. The number of rotatable bonds is 5. The highest BCUT2D eigenvalue weighted by Crippen LogP contribution is 2.16. The fraction of sp³-hybridized carbons (Fsp3) is 0.238. The highest BCUT2D eigenvalue weighted by molar-refractivity contribution is 5.97. The summed E-state index contributed by atoms with van der Waals surface area (Å²) >= 11 is 0. The Morgan fingerprint density at radius 2 is 1.89 bits per heavy atom. The molecule has 0 aliphatic heterocycles. The Morgan fingerprint density at radius 1 is 1.11 bits per heavy atom. The number of benzene rings is 2. The van der Waals surface area contributed by atoms with Gasteiger partial charge in [0.05, 0.1) is 17.2 Å². The highest BCUT2D eigenvalue weighted by atomic mass is 16.2. The van der Waals surface area contributed by atoms with Gasteiger partial charge in [-0.05, 0) is 56.2 Å². The standard InChI is InChI=1S/C21H22N4O3/c1-4-22-20(27)15-7-8-16-18(10-15)23-12-25(21(16)28)11-19(26)24-17-9-13(2)5-6-14(17)3/h5-10,12H,4,11H2,1-3H3,(H,22,27)(H,24,26). The lowest BCUT2D eigenvalue weighted by molar-refractivity contribution is -0.116. The number of carbonyl (C=O) groups excluding carboxylic acids is 2. The van der Waals surface area contributed by atoms with E-state index in [1.807, 2.05) is 39.0 Å². The largest absolute Gasteiger partial charge is 0.352 e. The van der Waals surface area contributed by atoms with Crippen molar-refractivity contribution in [3.8, 4) is 0 Å². The van der Waals surface area contributed by atoms with Gasteiger partial charge in [-0.2, -0.15) is 0 Å². The normalized spacial score (nSPS) is 10.7. The van der Waals surface area contributed by atoms with E-state index in [-0.39, 0.29) is 23.9 Å². The lowest BCUT2D eigenvalue weighted by Gasteiger charge is -2.11. The monoisotopic (exact) mass is 378 g/mol. The van der Waals surface area contributed by atoms with Crippen molar-refractivity contribution in [3.05, 3.63) is 69.8 Å². The number of carbonyl (C=O) groups is 2. The summed E-state index contributed by atoms with van der Waals surface area (Å²) in [5, 5.41) is 5.90. The van der Waals surface area contributed by atoms with Crippen molar-refractivity contribution in [1.82, 2.24) is 14.9 Å². The van der Waals surface area contributed by atoms with Gasteiger partial charge in [0.2, 0.25) is 5.91 Å². The van der Waals surface area contributed by atoms with Crippen molar-refractivity contribution < 1.29 is 9.59 Å². The van der Waals surface area contributed by atoms with Crippen LogP contribution >= 0.6 is 0 Å². The molecule has 144 valence electrons. The van der Waals surface area contributed by atoms with Gasteiger partial charge in [-0.1, -0.05) is 12.1 Å². The Bertz CT molecular complexity index is 1120. The molecule has 1 heterocycles. The van der Waals surface area contributed by atoms with E-state index in [1.165, 1.54) is 10.9 Å². The van der Waals surface area contributed by atoms with Crippen LogP contribution < -0.4 is 16.2 Å². The van der Waals surface area contributed by atoms with E-state index in [0.29, 0.717) is 23.0 Å². The fourth-order valence-corrected chi connectivity index (χ4v) is 2.89. The number of amides is 2. The van der Waals surface area contributed by atoms with Crippen molar-refractivity contribution in [3.63, 3.8) is 0 Å². The zero-order valence-electron chi connectivity index (χ0n) is 16.1. The quantitative estimate of drug-likeness (QED) is 0.713. The van der Waals surface area contributed by atoms with Crippen molar-refractivity contribution in [1.29, 1.82) is 0 Å². The Balaban J connectivity index is 1.83. The van der Waals surface area contributed by atoms with Crippen LogP contribution in [0, 0.1) is 13.8 Å². The molecule has 0 spiro atoms.